The van der Waals surface area contributed by atoms with E-state index in [1.807, 2.05) is 31.2 Å². The van der Waals surface area contributed by atoms with Gasteiger partial charge in [-0.25, -0.2) is 0 Å². The Morgan fingerprint density at radius 2 is 2.11 bits per heavy atom. The number of nitrogens with one attached hydrogen (secondary N) is 2. The van der Waals surface area contributed by atoms with E-state index >= 15 is 0 Å². The van der Waals surface area contributed by atoms with Gasteiger partial charge in [0.05, 0.1) is 5.60 Å². The molecule has 0 spiro atoms. The van der Waals surface area contributed by atoms with Crippen LogP contribution in [0, 0.1) is 0 Å². The average molecular weight is 260 g/mol. The highest BCUT2D eigenvalue weighted by Crippen LogP contribution is 2.15. The fourth-order valence-electron chi connectivity index (χ4n) is 2.22. The van der Waals surface area contributed by atoms with Crippen molar-refractivity contribution in [2.45, 2.75) is 32.3 Å². The van der Waals surface area contributed by atoms with Crippen molar-refractivity contribution in [3.8, 4) is 0 Å². The zero-order valence-corrected chi connectivity index (χ0v) is 11.4. The maximum absolute atomic E-state index is 11.9. The molecule has 3 N–H and O–H groups in total. The first kappa shape index (κ1) is 13.6. The fraction of sp³-hybridized carbons (Fsp3) is 0.400. The maximum atomic E-state index is 11.9. The first-order valence-corrected chi connectivity index (χ1v) is 6.60. The van der Waals surface area contributed by atoms with Crippen LogP contribution in [-0.2, 0) is 0 Å². The molecular formula is C15H20N2O2. The van der Waals surface area contributed by atoms with Gasteiger partial charge in [0, 0.05) is 11.9 Å². The summed E-state index contributed by atoms with van der Waals surface area (Å²) in [6, 6.07) is 9.33. The molecule has 4 heteroatoms. The molecule has 0 aliphatic rings. The Morgan fingerprint density at radius 1 is 1.37 bits per heavy atom. The van der Waals surface area contributed by atoms with Gasteiger partial charge in [-0.3, -0.25) is 4.79 Å². The van der Waals surface area contributed by atoms with Gasteiger partial charge >= 0.3 is 0 Å². The molecule has 19 heavy (non-hydrogen) atoms. The van der Waals surface area contributed by atoms with Crippen molar-refractivity contribution in [1.29, 1.82) is 0 Å². The number of hydrogen-bond acceptors (Lipinski definition) is 3. The molecule has 0 aliphatic carbocycles. The smallest absolute Gasteiger partial charge is 0.257 e. The molecule has 1 atom stereocenters. The van der Waals surface area contributed by atoms with Gasteiger partial charge in [0.1, 0.15) is 5.82 Å². The van der Waals surface area contributed by atoms with Crippen molar-refractivity contribution >= 4 is 16.6 Å². The Bertz CT molecular complexity index is 617. The van der Waals surface area contributed by atoms with Crippen LogP contribution in [0.15, 0.2) is 35.1 Å². The summed E-state index contributed by atoms with van der Waals surface area (Å²) in [7, 11) is 0. The molecule has 4 nitrogen and oxygen atoms in total. The van der Waals surface area contributed by atoms with E-state index in [1.165, 1.54) is 0 Å². The summed E-state index contributed by atoms with van der Waals surface area (Å²) in [6.07, 6.45) is 1.64. The number of anilines is 1. The number of fused-ring (bicyclic) bond motifs is 1. The molecule has 1 unspecified atom stereocenters. The second-order valence-corrected chi connectivity index (χ2v) is 5.20. The Balaban J connectivity index is 2.20. The monoisotopic (exact) mass is 260 g/mol. The summed E-state index contributed by atoms with van der Waals surface area (Å²) in [5.74, 6) is 0.639. The van der Waals surface area contributed by atoms with Gasteiger partial charge in [0.15, 0.2) is 0 Å². The molecule has 1 aromatic heterocycles. The first-order valence-electron chi connectivity index (χ1n) is 6.60. The topological polar surface area (TPSA) is 65.1 Å². The van der Waals surface area contributed by atoms with Crippen LogP contribution in [0.25, 0.3) is 10.8 Å². The molecule has 102 valence electrons. The maximum Gasteiger partial charge on any atom is 0.257 e. The van der Waals surface area contributed by atoms with Crippen molar-refractivity contribution < 1.29 is 5.11 Å². The van der Waals surface area contributed by atoms with Gasteiger partial charge in [-0.15, -0.1) is 0 Å². The Hall–Kier alpha value is -1.81. The van der Waals surface area contributed by atoms with E-state index in [0.29, 0.717) is 17.7 Å². The largest absolute Gasteiger partial charge is 0.388 e. The molecule has 1 heterocycles. The van der Waals surface area contributed by atoms with Crippen LogP contribution in [0.5, 0.6) is 0 Å². The van der Waals surface area contributed by atoms with Crippen LogP contribution in [0.3, 0.4) is 0 Å². The van der Waals surface area contributed by atoms with Crippen LogP contribution in [0.2, 0.25) is 0 Å². The number of H-pyrrole nitrogens is 1. The number of hydrogen-bond donors (Lipinski definition) is 3. The van der Waals surface area contributed by atoms with E-state index in [1.54, 1.807) is 13.0 Å². The second kappa shape index (κ2) is 5.45. The van der Waals surface area contributed by atoms with Gasteiger partial charge in [0.2, 0.25) is 0 Å². The molecule has 0 saturated carbocycles. The fourth-order valence-corrected chi connectivity index (χ4v) is 2.22. The Kier molecular flexibility index (Phi) is 3.90. The van der Waals surface area contributed by atoms with E-state index in [9.17, 15) is 9.90 Å². The lowest BCUT2D eigenvalue weighted by Gasteiger charge is -2.23. The predicted octanol–water partition coefficient (Wildman–Crippen LogP) is 2.49. The highest BCUT2D eigenvalue weighted by molar-refractivity contribution is 5.83. The van der Waals surface area contributed by atoms with Crippen molar-refractivity contribution in [1.82, 2.24) is 4.98 Å². The van der Waals surface area contributed by atoms with Crippen LogP contribution in [0.1, 0.15) is 26.7 Å². The van der Waals surface area contributed by atoms with Crippen molar-refractivity contribution in [3.63, 3.8) is 0 Å². The molecule has 0 aliphatic heterocycles. The number of aromatic amines is 1. The summed E-state index contributed by atoms with van der Waals surface area (Å²) in [5.41, 5.74) is -0.882. The quantitative estimate of drug-likeness (QED) is 0.774. The molecule has 0 bridgehead atoms. The molecular weight excluding hydrogens is 240 g/mol. The Morgan fingerprint density at radius 3 is 2.84 bits per heavy atom. The highest BCUT2D eigenvalue weighted by Gasteiger charge is 2.18. The van der Waals surface area contributed by atoms with Gasteiger partial charge in [-0.1, -0.05) is 31.5 Å². The average Bonchev–Trinajstić information content (AvgIpc) is 2.37. The normalized spacial score (nSPS) is 14.3. The minimum absolute atomic E-state index is 0.115. The van der Waals surface area contributed by atoms with E-state index in [2.05, 4.69) is 10.3 Å². The zero-order valence-electron chi connectivity index (χ0n) is 11.4. The first-order chi connectivity index (χ1) is 9.02. The third kappa shape index (κ3) is 3.35. The number of pyridine rings is 1. The molecule has 0 fully saturated rings. The van der Waals surface area contributed by atoms with Gasteiger partial charge in [-0.2, -0.15) is 0 Å². The number of aliphatic hydroxyl groups is 1. The van der Waals surface area contributed by atoms with Gasteiger partial charge in [0.25, 0.3) is 5.56 Å². The Labute approximate surface area is 112 Å². The minimum atomic E-state index is -0.767. The number of benzene rings is 1. The van der Waals surface area contributed by atoms with E-state index in [-0.39, 0.29) is 5.56 Å². The van der Waals surface area contributed by atoms with E-state index in [4.69, 9.17) is 0 Å². The minimum Gasteiger partial charge on any atom is -0.388 e. The van der Waals surface area contributed by atoms with E-state index in [0.717, 1.165) is 18.2 Å². The highest BCUT2D eigenvalue weighted by atomic mass is 16.3. The summed E-state index contributed by atoms with van der Waals surface area (Å²) in [6.45, 7) is 4.24. The zero-order chi connectivity index (χ0) is 13.9. The van der Waals surface area contributed by atoms with Crippen LogP contribution < -0.4 is 10.9 Å². The predicted molar refractivity (Wildman–Crippen MR) is 78.6 cm³/mol. The standard InChI is InChI=1S/C15H20N2O2/c1-3-8-15(2,19)10-16-13-9-11-6-4-5-7-12(11)14(18)17-13/h4-7,9,19H,3,8,10H2,1-2H3,(H2,16,17,18). The summed E-state index contributed by atoms with van der Waals surface area (Å²) >= 11 is 0. The number of rotatable bonds is 5. The lowest BCUT2D eigenvalue weighted by atomic mass is 10.0. The summed E-state index contributed by atoms with van der Waals surface area (Å²) < 4.78 is 0. The van der Waals surface area contributed by atoms with Crippen LogP contribution in [0.4, 0.5) is 5.82 Å². The third-order valence-electron chi connectivity index (χ3n) is 3.20. The van der Waals surface area contributed by atoms with Crippen molar-refractivity contribution in [3.05, 3.63) is 40.7 Å². The summed E-state index contributed by atoms with van der Waals surface area (Å²) in [4.78, 5) is 14.7. The molecule has 2 aromatic rings. The SMILES string of the molecule is CCCC(C)(O)CNc1cc2ccccc2c(=O)[nH]1. The summed E-state index contributed by atoms with van der Waals surface area (Å²) in [5, 5.41) is 14.8. The van der Waals surface area contributed by atoms with Crippen LogP contribution in [-0.4, -0.2) is 22.2 Å². The van der Waals surface area contributed by atoms with Crippen molar-refractivity contribution in [2.75, 3.05) is 11.9 Å². The molecule has 0 saturated heterocycles. The lowest BCUT2D eigenvalue weighted by molar-refractivity contribution is 0.0636. The van der Waals surface area contributed by atoms with Gasteiger partial charge in [-0.05, 0) is 30.9 Å². The molecule has 2 rings (SSSR count). The lowest BCUT2D eigenvalue weighted by Crippen LogP contribution is -2.33. The van der Waals surface area contributed by atoms with Crippen molar-refractivity contribution in [2.24, 2.45) is 0 Å². The van der Waals surface area contributed by atoms with Crippen LogP contribution >= 0.6 is 0 Å². The second-order valence-electron chi connectivity index (χ2n) is 5.20. The number of aromatic nitrogens is 1. The molecule has 0 amide bonds. The third-order valence-corrected chi connectivity index (χ3v) is 3.20. The van der Waals surface area contributed by atoms with E-state index < -0.39 is 5.60 Å². The van der Waals surface area contributed by atoms with Gasteiger partial charge < -0.3 is 15.4 Å². The molecule has 1 aromatic carbocycles. The molecule has 0 radical (unpaired) electrons.